The van der Waals surface area contributed by atoms with Crippen LogP contribution in [0.25, 0.3) is 21.9 Å². The van der Waals surface area contributed by atoms with E-state index in [2.05, 4.69) is 15.0 Å². The highest BCUT2D eigenvalue weighted by atomic mass is 19.4. The van der Waals surface area contributed by atoms with Crippen LogP contribution in [0.15, 0.2) is 36.7 Å². The SMILES string of the molecule is O=C(CC(=O)C(F)(F)C(F)(F)F)c1ccc2cnc3cccnc3c2n1. The first kappa shape index (κ1) is 17.8. The highest BCUT2D eigenvalue weighted by Gasteiger charge is 2.62. The first-order valence-electron chi connectivity index (χ1n) is 7.13. The Morgan fingerprint density at radius 2 is 1.69 bits per heavy atom. The van der Waals surface area contributed by atoms with Crippen molar-refractivity contribution >= 4 is 33.5 Å². The van der Waals surface area contributed by atoms with E-state index in [0.717, 1.165) is 6.07 Å². The molecule has 0 N–H and O–H groups in total. The Morgan fingerprint density at radius 3 is 2.38 bits per heavy atom. The molecule has 0 spiro atoms. The summed E-state index contributed by atoms with van der Waals surface area (Å²) in [6, 6.07) is 5.77. The van der Waals surface area contributed by atoms with E-state index < -0.39 is 35.8 Å². The number of rotatable bonds is 4. The Morgan fingerprint density at radius 1 is 0.962 bits per heavy atom. The highest BCUT2D eigenvalue weighted by molar-refractivity contribution is 6.10. The summed E-state index contributed by atoms with van der Waals surface area (Å²) in [5, 5.41) is 0.486. The van der Waals surface area contributed by atoms with Gasteiger partial charge in [0.1, 0.15) is 16.7 Å². The quantitative estimate of drug-likeness (QED) is 0.305. The van der Waals surface area contributed by atoms with E-state index in [1.165, 1.54) is 18.5 Å². The summed E-state index contributed by atoms with van der Waals surface area (Å²) >= 11 is 0. The third-order valence-electron chi connectivity index (χ3n) is 3.59. The van der Waals surface area contributed by atoms with Crippen LogP contribution in [0.2, 0.25) is 0 Å². The maximum absolute atomic E-state index is 13.0. The van der Waals surface area contributed by atoms with Crippen molar-refractivity contribution in [1.29, 1.82) is 0 Å². The topological polar surface area (TPSA) is 72.8 Å². The smallest absolute Gasteiger partial charge is 0.292 e. The average molecular weight is 369 g/mol. The van der Waals surface area contributed by atoms with Gasteiger partial charge in [-0.2, -0.15) is 22.0 Å². The van der Waals surface area contributed by atoms with Gasteiger partial charge in [-0.05, 0) is 24.3 Å². The molecule has 5 nitrogen and oxygen atoms in total. The van der Waals surface area contributed by atoms with Crippen LogP contribution >= 0.6 is 0 Å². The number of aromatic nitrogens is 3. The number of hydrogen-bond acceptors (Lipinski definition) is 5. The fraction of sp³-hybridized carbons (Fsp3) is 0.188. The van der Waals surface area contributed by atoms with Crippen LogP contribution in [0.4, 0.5) is 22.0 Å². The normalized spacial score (nSPS) is 12.5. The van der Waals surface area contributed by atoms with Crippen molar-refractivity contribution in [3.05, 3.63) is 42.4 Å². The molecule has 0 aliphatic carbocycles. The van der Waals surface area contributed by atoms with Crippen LogP contribution in [0, 0.1) is 0 Å². The lowest BCUT2D eigenvalue weighted by Crippen LogP contribution is -2.44. The molecule has 3 heterocycles. The lowest BCUT2D eigenvalue weighted by molar-refractivity contribution is -0.268. The third kappa shape index (κ3) is 2.98. The number of Topliss-reactive ketones (excluding diaryl/α,β-unsaturated/α-hetero) is 2. The number of carbonyl (C=O) groups is 2. The molecule has 0 radical (unpaired) electrons. The van der Waals surface area contributed by atoms with Gasteiger partial charge in [0.15, 0.2) is 5.78 Å². The molecule has 3 aromatic heterocycles. The van der Waals surface area contributed by atoms with Gasteiger partial charge in [0.25, 0.3) is 0 Å². The van der Waals surface area contributed by atoms with Gasteiger partial charge in [0.2, 0.25) is 5.78 Å². The van der Waals surface area contributed by atoms with Crippen LogP contribution in [-0.2, 0) is 4.79 Å². The maximum atomic E-state index is 13.0. The molecule has 0 fully saturated rings. The van der Waals surface area contributed by atoms with E-state index >= 15 is 0 Å². The summed E-state index contributed by atoms with van der Waals surface area (Å²) in [6.45, 7) is 0. The fourth-order valence-corrected chi connectivity index (χ4v) is 2.25. The van der Waals surface area contributed by atoms with Crippen molar-refractivity contribution in [2.75, 3.05) is 0 Å². The summed E-state index contributed by atoms with van der Waals surface area (Å²) in [5.74, 6) is -9.38. The number of fused-ring (bicyclic) bond motifs is 3. The zero-order chi connectivity index (χ0) is 19.1. The number of hydrogen-bond donors (Lipinski definition) is 0. The van der Waals surface area contributed by atoms with Gasteiger partial charge < -0.3 is 0 Å². The van der Waals surface area contributed by atoms with E-state index in [4.69, 9.17) is 0 Å². The Labute approximate surface area is 141 Å². The fourth-order valence-electron chi connectivity index (χ4n) is 2.25. The van der Waals surface area contributed by atoms with Gasteiger partial charge in [0, 0.05) is 17.8 Å². The number of alkyl halides is 5. The lowest BCUT2D eigenvalue weighted by atomic mass is 10.1. The number of ketones is 2. The number of halogens is 5. The summed E-state index contributed by atoms with van der Waals surface area (Å²) in [5.41, 5.74) is 0.585. The van der Waals surface area contributed by atoms with Gasteiger partial charge >= 0.3 is 12.1 Å². The lowest BCUT2D eigenvalue weighted by Gasteiger charge is -2.17. The van der Waals surface area contributed by atoms with Crippen LogP contribution < -0.4 is 0 Å². The first-order valence-corrected chi connectivity index (χ1v) is 7.13. The Hall–Kier alpha value is -3.04. The minimum absolute atomic E-state index is 0.219. The van der Waals surface area contributed by atoms with Crippen molar-refractivity contribution in [2.24, 2.45) is 0 Å². The minimum atomic E-state index is -6.06. The first-order chi connectivity index (χ1) is 12.1. The second-order valence-corrected chi connectivity index (χ2v) is 5.36. The number of carbonyl (C=O) groups excluding carboxylic acids is 2. The predicted octanol–water partition coefficient (Wildman–Crippen LogP) is 3.52. The van der Waals surface area contributed by atoms with Gasteiger partial charge in [0.05, 0.1) is 11.9 Å². The van der Waals surface area contributed by atoms with Crippen LogP contribution in [-0.4, -0.2) is 38.6 Å². The maximum Gasteiger partial charge on any atom is 0.461 e. The molecule has 0 saturated carbocycles. The summed E-state index contributed by atoms with van der Waals surface area (Å²) in [4.78, 5) is 35.4. The van der Waals surface area contributed by atoms with Crippen LogP contribution in [0.3, 0.4) is 0 Å². The molecule has 0 aromatic carbocycles. The van der Waals surface area contributed by atoms with Crippen LogP contribution in [0.5, 0.6) is 0 Å². The summed E-state index contributed by atoms with van der Waals surface area (Å²) in [6.07, 6.45) is -4.79. The van der Waals surface area contributed by atoms with E-state index in [0.29, 0.717) is 16.4 Å². The average Bonchev–Trinajstić information content (AvgIpc) is 2.60. The molecule has 3 rings (SSSR count). The molecule has 0 atom stereocenters. The van der Waals surface area contributed by atoms with Crippen molar-refractivity contribution < 1.29 is 31.5 Å². The summed E-state index contributed by atoms with van der Waals surface area (Å²) < 4.78 is 62.6. The summed E-state index contributed by atoms with van der Waals surface area (Å²) in [7, 11) is 0. The van der Waals surface area contributed by atoms with Gasteiger partial charge in [-0.15, -0.1) is 0 Å². The van der Waals surface area contributed by atoms with Gasteiger partial charge in [-0.3, -0.25) is 19.6 Å². The third-order valence-corrected chi connectivity index (χ3v) is 3.59. The predicted molar refractivity (Wildman–Crippen MR) is 79.8 cm³/mol. The zero-order valence-electron chi connectivity index (χ0n) is 12.7. The molecule has 0 saturated heterocycles. The Bertz CT molecular complexity index is 1030. The molecular formula is C16H8F5N3O2. The molecule has 134 valence electrons. The van der Waals surface area contributed by atoms with E-state index in [1.54, 1.807) is 12.1 Å². The molecule has 3 aromatic rings. The molecule has 0 amide bonds. The monoisotopic (exact) mass is 369 g/mol. The molecular weight excluding hydrogens is 361 g/mol. The standard InChI is InChI=1S/C16H8F5N3O2/c17-15(18,16(19,20)21)12(26)6-11(25)9-4-3-8-7-23-10-2-1-5-22-14(10)13(8)24-9/h1-5,7H,6H2. The Kier molecular flexibility index (Phi) is 4.13. The van der Waals surface area contributed by atoms with Crippen molar-refractivity contribution in [3.8, 4) is 0 Å². The van der Waals surface area contributed by atoms with Crippen molar-refractivity contribution in [3.63, 3.8) is 0 Å². The molecule has 0 unspecified atom stereocenters. The highest BCUT2D eigenvalue weighted by Crippen LogP contribution is 2.37. The second kappa shape index (κ2) is 6.04. The molecule has 10 heteroatoms. The van der Waals surface area contributed by atoms with E-state index in [-0.39, 0.29) is 5.52 Å². The number of nitrogens with zero attached hydrogens (tertiary/aromatic N) is 3. The van der Waals surface area contributed by atoms with E-state index in [1.807, 2.05) is 0 Å². The van der Waals surface area contributed by atoms with Crippen LogP contribution in [0.1, 0.15) is 16.9 Å². The molecule has 0 aliphatic heterocycles. The zero-order valence-corrected chi connectivity index (χ0v) is 12.7. The van der Waals surface area contributed by atoms with Crippen molar-refractivity contribution in [1.82, 2.24) is 15.0 Å². The minimum Gasteiger partial charge on any atom is -0.292 e. The van der Waals surface area contributed by atoms with E-state index in [9.17, 15) is 31.5 Å². The largest absolute Gasteiger partial charge is 0.461 e. The molecule has 0 aliphatic rings. The van der Waals surface area contributed by atoms with Gasteiger partial charge in [-0.25, -0.2) is 4.98 Å². The van der Waals surface area contributed by atoms with Gasteiger partial charge in [-0.1, -0.05) is 0 Å². The Balaban J connectivity index is 1.96. The molecule has 26 heavy (non-hydrogen) atoms. The molecule has 0 bridgehead atoms. The number of pyridine rings is 3. The second-order valence-electron chi connectivity index (χ2n) is 5.36. The van der Waals surface area contributed by atoms with Crippen molar-refractivity contribution in [2.45, 2.75) is 18.5 Å².